The molecule has 13 heavy (non-hydrogen) atoms. The second-order valence-electron chi connectivity index (χ2n) is 2.85. The third-order valence-electron chi connectivity index (χ3n) is 1.93. The van der Waals surface area contributed by atoms with Crippen molar-refractivity contribution in [3.8, 4) is 0 Å². The largest absolute Gasteiger partial charge is 0.368 e. The van der Waals surface area contributed by atoms with E-state index >= 15 is 0 Å². The van der Waals surface area contributed by atoms with E-state index in [-0.39, 0.29) is 12.4 Å². The Bertz CT molecular complexity index is 202. The molecule has 0 aliphatic carbocycles. The molecule has 0 radical (unpaired) electrons. The highest BCUT2D eigenvalue weighted by Gasteiger charge is 2.17. The smallest absolute Gasteiger partial charge is 0.212 e. The van der Waals surface area contributed by atoms with E-state index in [0.717, 1.165) is 13.0 Å². The first-order valence-corrected chi connectivity index (χ1v) is 4.39. The number of aliphatic imine (C=N–C) groups is 1. The van der Waals surface area contributed by atoms with E-state index in [1.165, 1.54) is 0 Å². The van der Waals surface area contributed by atoms with Crippen LogP contribution >= 0.6 is 12.4 Å². The standard InChI is InChI=1S/C8H16N4.ClH/c1-3-7-5-11-12(6-7)8(9)10-4-2;/h5,7H,3-4,6H2,1-2H3,(H2,9,10);1H. The fraction of sp³-hybridized carbons (Fsp3) is 0.750. The van der Waals surface area contributed by atoms with E-state index in [2.05, 4.69) is 17.0 Å². The highest BCUT2D eigenvalue weighted by molar-refractivity contribution is 5.85. The van der Waals surface area contributed by atoms with Gasteiger partial charge in [-0.25, -0.2) is 5.01 Å². The molecule has 2 N–H and O–H groups in total. The van der Waals surface area contributed by atoms with Gasteiger partial charge in [0.25, 0.3) is 0 Å². The molecule has 1 atom stereocenters. The lowest BCUT2D eigenvalue weighted by Gasteiger charge is -2.13. The number of halogens is 1. The molecule has 0 saturated heterocycles. The molecule has 1 unspecified atom stereocenters. The average molecular weight is 205 g/mol. The Morgan fingerprint density at radius 1 is 1.69 bits per heavy atom. The topological polar surface area (TPSA) is 54.0 Å². The van der Waals surface area contributed by atoms with Gasteiger partial charge in [0, 0.05) is 18.7 Å². The molecule has 0 bridgehead atoms. The van der Waals surface area contributed by atoms with Crippen LogP contribution in [0.2, 0.25) is 0 Å². The first kappa shape index (κ1) is 12.2. The molecule has 0 saturated carbocycles. The highest BCUT2D eigenvalue weighted by atomic mass is 35.5. The minimum atomic E-state index is 0. The average Bonchev–Trinajstić information content (AvgIpc) is 2.52. The normalized spacial score (nSPS) is 21.8. The van der Waals surface area contributed by atoms with Gasteiger partial charge in [0.2, 0.25) is 5.96 Å². The van der Waals surface area contributed by atoms with Gasteiger partial charge < -0.3 is 5.73 Å². The summed E-state index contributed by atoms with van der Waals surface area (Å²) in [6.07, 6.45) is 3.05. The molecular weight excluding hydrogens is 188 g/mol. The monoisotopic (exact) mass is 204 g/mol. The van der Waals surface area contributed by atoms with Crippen LogP contribution in [0.5, 0.6) is 0 Å². The molecular formula is C8H17ClN4. The van der Waals surface area contributed by atoms with E-state index in [0.29, 0.717) is 18.4 Å². The van der Waals surface area contributed by atoms with Gasteiger partial charge in [0.05, 0.1) is 6.54 Å². The lowest BCUT2D eigenvalue weighted by atomic mass is 10.1. The Morgan fingerprint density at radius 3 is 2.85 bits per heavy atom. The molecule has 76 valence electrons. The summed E-state index contributed by atoms with van der Waals surface area (Å²) in [6.45, 7) is 5.71. The van der Waals surface area contributed by atoms with Crippen molar-refractivity contribution in [3.63, 3.8) is 0 Å². The molecule has 1 heterocycles. The molecule has 1 rings (SSSR count). The van der Waals surface area contributed by atoms with E-state index in [1.54, 1.807) is 5.01 Å². The molecule has 4 nitrogen and oxygen atoms in total. The summed E-state index contributed by atoms with van der Waals surface area (Å²) in [6, 6.07) is 0. The third-order valence-corrected chi connectivity index (χ3v) is 1.93. The number of hydrazone groups is 1. The predicted octanol–water partition coefficient (Wildman–Crippen LogP) is 1.07. The van der Waals surface area contributed by atoms with Crippen LogP contribution in [0.25, 0.3) is 0 Å². The summed E-state index contributed by atoms with van der Waals surface area (Å²) in [5.74, 6) is 1.07. The quantitative estimate of drug-likeness (QED) is 0.541. The molecule has 1 aliphatic rings. The SMILES string of the molecule is CCN=C(N)N1CC(CC)C=N1.Cl. The van der Waals surface area contributed by atoms with Gasteiger partial charge in [-0.3, -0.25) is 4.99 Å². The van der Waals surface area contributed by atoms with Crippen molar-refractivity contribution in [3.05, 3.63) is 0 Å². The second-order valence-corrected chi connectivity index (χ2v) is 2.85. The second kappa shape index (κ2) is 5.80. The van der Waals surface area contributed by atoms with Gasteiger partial charge in [0.15, 0.2) is 0 Å². The van der Waals surface area contributed by atoms with Gasteiger partial charge in [0.1, 0.15) is 0 Å². The fourth-order valence-electron chi connectivity index (χ4n) is 1.12. The Kier molecular flexibility index (Phi) is 5.46. The maximum atomic E-state index is 5.67. The Labute approximate surface area is 85.3 Å². The molecule has 0 aromatic rings. The maximum Gasteiger partial charge on any atom is 0.212 e. The van der Waals surface area contributed by atoms with Gasteiger partial charge in [-0.05, 0) is 13.3 Å². The molecule has 0 amide bonds. The summed E-state index contributed by atoms with van der Waals surface area (Å²) < 4.78 is 0. The molecule has 5 heteroatoms. The van der Waals surface area contributed by atoms with Crippen LogP contribution in [0.1, 0.15) is 20.3 Å². The van der Waals surface area contributed by atoms with Crippen molar-refractivity contribution < 1.29 is 0 Å². The molecule has 0 aromatic carbocycles. The number of hydrogen-bond acceptors (Lipinski definition) is 2. The number of guanidine groups is 1. The molecule has 0 fully saturated rings. The van der Waals surface area contributed by atoms with Crippen molar-refractivity contribution in [1.82, 2.24) is 5.01 Å². The van der Waals surface area contributed by atoms with Crippen LogP contribution in [0.15, 0.2) is 10.1 Å². The third kappa shape index (κ3) is 3.22. The number of hydrogen-bond donors (Lipinski definition) is 1. The van der Waals surface area contributed by atoms with Crippen LogP contribution in [-0.4, -0.2) is 30.3 Å². The summed E-state index contributed by atoms with van der Waals surface area (Å²) in [5.41, 5.74) is 5.67. The van der Waals surface area contributed by atoms with Gasteiger partial charge >= 0.3 is 0 Å². The number of nitrogens with two attached hydrogens (primary N) is 1. The lowest BCUT2D eigenvalue weighted by molar-refractivity contribution is 0.434. The molecule has 0 aromatic heterocycles. The van der Waals surface area contributed by atoms with Crippen LogP contribution < -0.4 is 5.73 Å². The van der Waals surface area contributed by atoms with Gasteiger partial charge in [-0.2, -0.15) is 5.10 Å². The van der Waals surface area contributed by atoms with Crippen LogP contribution in [0, 0.1) is 5.92 Å². The zero-order valence-corrected chi connectivity index (χ0v) is 8.92. The zero-order chi connectivity index (χ0) is 8.97. The van der Waals surface area contributed by atoms with Gasteiger partial charge in [-0.15, -0.1) is 12.4 Å². The van der Waals surface area contributed by atoms with Crippen molar-refractivity contribution in [2.75, 3.05) is 13.1 Å². The first-order valence-electron chi connectivity index (χ1n) is 4.39. The van der Waals surface area contributed by atoms with Crippen LogP contribution in [0.4, 0.5) is 0 Å². The molecule has 0 spiro atoms. The summed E-state index contributed by atoms with van der Waals surface area (Å²) in [5, 5.41) is 5.92. The summed E-state index contributed by atoms with van der Waals surface area (Å²) in [4.78, 5) is 4.08. The maximum absolute atomic E-state index is 5.67. The van der Waals surface area contributed by atoms with E-state index in [1.807, 2.05) is 13.1 Å². The first-order chi connectivity index (χ1) is 5.77. The molecule has 1 aliphatic heterocycles. The van der Waals surface area contributed by atoms with Crippen molar-refractivity contribution in [2.24, 2.45) is 21.7 Å². The summed E-state index contributed by atoms with van der Waals surface area (Å²) >= 11 is 0. The van der Waals surface area contributed by atoms with Crippen molar-refractivity contribution in [2.45, 2.75) is 20.3 Å². The number of nitrogens with zero attached hydrogens (tertiary/aromatic N) is 3. The minimum absolute atomic E-state index is 0. The Morgan fingerprint density at radius 2 is 2.38 bits per heavy atom. The zero-order valence-electron chi connectivity index (χ0n) is 8.10. The Balaban J connectivity index is 0.00000144. The van der Waals surface area contributed by atoms with Crippen molar-refractivity contribution >= 4 is 24.6 Å². The minimum Gasteiger partial charge on any atom is -0.368 e. The fourth-order valence-corrected chi connectivity index (χ4v) is 1.12. The van der Waals surface area contributed by atoms with E-state index < -0.39 is 0 Å². The Hall–Kier alpha value is -0.770. The van der Waals surface area contributed by atoms with Crippen molar-refractivity contribution in [1.29, 1.82) is 0 Å². The van der Waals surface area contributed by atoms with E-state index in [4.69, 9.17) is 5.73 Å². The lowest BCUT2D eigenvalue weighted by Crippen LogP contribution is -2.33. The van der Waals surface area contributed by atoms with Crippen LogP contribution in [0.3, 0.4) is 0 Å². The number of rotatable bonds is 2. The van der Waals surface area contributed by atoms with E-state index in [9.17, 15) is 0 Å². The summed E-state index contributed by atoms with van der Waals surface area (Å²) in [7, 11) is 0. The van der Waals surface area contributed by atoms with Crippen LogP contribution in [-0.2, 0) is 0 Å². The highest BCUT2D eigenvalue weighted by Crippen LogP contribution is 2.09. The predicted molar refractivity (Wildman–Crippen MR) is 58.4 cm³/mol. The van der Waals surface area contributed by atoms with Gasteiger partial charge in [-0.1, -0.05) is 6.92 Å².